The Morgan fingerprint density at radius 2 is 2.00 bits per heavy atom. The van der Waals surface area contributed by atoms with Gasteiger partial charge < -0.3 is 14.5 Å². The van der Waals surface area contributed by atoms with Crippen molar-refractivity contribution in [3.63, 3.8) is 0 Å². The minimum absolute atomic E-state index is 0.0749. The molecule has 2 atom stereocenters. The van der Waals surface area contributed by atoms with E-state index in [4.69, 9.17) is 4.74 Å². The molecule has 0 radical (unpaired) electrons. The van der Waals surface area contributed by atoms with Crippen LogP contribution in [0.5, 0.6) is 0 Å². The molecule has 1 saturated carbocycles. The summed E-state index contributed by atoms with van der Waals surface area (Å²) in [5.74, 6) is 0.572. The van der Waals surface area contributed by atoms with Crippen molar-refractivity contribution in [1.29, 1.82) is 0 Å². The second kappa shape index (κ2) is 6.33. The lowest BCUT2D eigenvalue weighted by Crippen LogP contribution is -2.39. The Balaban J connectivity index is 1.59. The summed E-state index contributed by atoms with van der Waals surface area (Å²) in [5.41, 5.74) is 0.0749. The first-order valence-electron chi connectivity index (χ1n) is 8.49. The van der Waals surface area contributed by atoms with Crippen molar-refractivity contribution in [3.05, 3.63) is 0 Å². The van der Waals surface area contributed by atoms with Gasteiger partial charge in [-0.25, -0.2) is 8.42 Å². The van der Waals surface area contributed by atoms with Crippen LogP contribution in [0.3, 0.4) is 0 Å². The van der Waals surface area contributed by atoms with Gasteiger partial charge >= 0.3 is 0 Å². The Hall–Kier alpha value is -0.660. The van der Waals surface area contributed by atoms with Gasteiger partial charge in [-0.3, -0.25) is 4.79 Å². The maximum Gasteiger partial charge on any atom is 0.237 e. The molecule has 0 aromatic heterocycles. The summed E-state index contributed by atoms with van der Waals surface area (Å²) in [6.45, 7) is 4.93. The Bertz CT molecular complexity index is 560. The minimum Gasteiger partial charge on any atom is -0.381 e. The van der Waals surface area contributed by atoms with Gasteiger partial charge in [0, 0.05) is 50.4 Å². The number of likely N-dealkylation sites (tertiary alicyclic amines) is 2. The molecule has 1 spiro atoms. The number of sulfone groups is 1. The van der Waals surface area contributed by atoms with Gasteiger partial charge in [0.25, 0.3) is 0 Å². The summed E-state index contributed by atoms with van der Waals surface area (Å²) in [6.07, 6.45) is 4.66. The zero-order valence-corrected chi connectivity index (χ0v) is 15.0. The third-order valence-corrected chi connectivity index (χ3v) is 6.25. The van der Waals surface area contributed by atoms with E-state index in [1.807, 2.05) is 0 Å². The molecule has 0 bridgehead atoms. The third kappa shape index (κ3) is 4.25. The van der Waals surface area contributed by atoms with Crippen LogP contribution < -0.4 is 0 Å². The molecule has 0 aromatic rings. The molecule has 0 N–H and O–H groups in total. The summed E-state index contributed by atoms with van der Waals surface area (Å²) in [5, 5.41) is 0. The monoisotopic (exact) mass is 344 g/mol. The van der Waals surface area contributed by atoms with Crippen molar-refractivity contribution < 1.29 is 17.9 Å². The molecule has 2 saturated heterocycles. The van der Waals surface area contributed by atoms with E-state index >= 15 is 0 Å². The van der Waals surface area contributed by atoms with E-state index in [2.05, 4.69) is 11.9 Å². The van der Waals surface area contributed by atoms with Crippen molar-refractivity contribution in [2.24, 2.45) is 17.3 Å². The van der Waals surface area contributed by atoms with Crippen molar-refractivity contribution in [3.8, 4) is 0 Å². The number of rotatable bonds is 6. The predicted octanol–water partition coefficient (Wildman–Crippen LogP) is 0.238. The van der Waals surface area contributed by atoms with Crippen LogP contribution in [0, 0.1) is 17.3 Å². The molecule has 0 unspecified atom stereocenters. The van der Waals surface area contributed by atoms with E-state index in [1.54, 1.807) is 4.90 Å². The number of carbonyl (C=O) groups is 1. The van der Waals surface area contributed by atoms with E-state index in [1.165, 1.54) is 12.8 Å². The van der Waals surface area contributed by atoms with Crippen LogP contribution in [0.1, 0.15) is 19.3 Å². The average Bonchev–Trinajstić information content (AvgIpc) is 3.06. The first kappa shape index (κ1) is 17.2. The lowest BCUT2D eigenvalue weighted by molar-refractivity contribution is -0.128. The van der Waals surface area contributed by atoms with Crippen molar-refractivity contribution >= 4 is 15.7 Å². The molecular formula is C16H28N2O4S. The molecule has 2 aliphatic heterocycles. The largest absolute Gasteiger partial charge is 0.381 e. The normalized spacial score (nSPS) is 32.1. The van der Waals surface area contributed by atoms with Gasteiger partial charge in [-0.1, -0.05) is 0 Å². The highest BCUT2D eigenvalue weighted by Gasteiger charge is 2.50. The van der Waals surface area contributed by atoms with E-state index in [-0.39, 0.29) is 17.1 Å². The van der Waals surface area contributed by atoms with E-state index in [0.717, 1.165) is 44.9 Å². The molecule has 7 heteroatoms. The topological polar surface area (TPSA) is 66.9 Å². The van der Waals surface area contributed by atoms with Crippen LogP contribution >= 0.6 is 0 Å². The quantitative estimate of drug-likeness (QED) is 0.690. The smallest absolute Gasteiger partial charge is 0.237 e. The molecule has 3 rings (SSSR count). The van der Waals surface area contributed by atoms with Gasteiger partial charge in [0.05, 0.1) is 6.61 Å². The van der Waals surface area contributed by atoms with E-state index in [9.17, 15) is 13.2 Å². The van der Waals surface area contributed by atoms with Crippen molar-refractivity contribution in [2.45, 2.75) is 19.3 Å². The fourth-order valence-electron chi connectivity index (χ4n) is 4.08. The summed E-state index contributed by atoms with van der Waals surface area (Å²) >= 11 is 0. The number of ether oxygens (including phenoxy) is 1. The van der Waals surface area contributed by atoms with Crippen molar-refractivity contribution in [1.82, 2.24) is 9.80 Å². The highest BCUT2D eigenvalue weighted by Crippen LogP contribution is 2.43. The molecule has 3 fully saturated rings. The summed E-state index contributed by atoms with van der Waals surface area (Å²) < 4.78 is 28.7. The Kier molecular flexibility index (Phi) is 4.73. The maximum atomic E-state index is 12.2. The zero-order chi connectivity index (χ0) is 16.7. The highest BCUT2D eigenvalue weighted by atomic mass is 32.2. The molecule has 23 heavy (non-hydrogen) atoms. The van der Waals surface area contributed by atoms with Gasteiger partial charge in [-0.05, 0) is 32.2 Å². The molecular weight excluding hydrogens is 316 g/mol. The van der Waals surface area contributed by atoms with Gasteiger partial charge in [0.2, 0.25) is 5.91 Å². The molecule has 1 aliphatic carbocycles. The van der Waals surface area contributed by atoms with Crippen LogP contribution in [0.25, 0.3) is 0 Å². The lowest BCUT2D eigenvalue weighted by atomic mass is 9.77. The Morgan fingerprint density at radius 1 is 1.26 bits per heavy atom. The fraction of sp³-hybridized carbons (Fsp3) is 0.938. The standard InChI is InChI=1S/C16H28N2O4S/c1-17-7-14(9-22-8-13-3-4-13)16(11-17)5-6-18(12-16)15(19)10-23(2,20)21/h13-14H,3-12H2,1-2H3/t14-,16-/m1/s1. The van der Waals surface area contributed by atoms with E-state index in [0.29, 0.717) is 19.0 Å². The van der Waals surface area contributed by atoms with Gasteiger partial charge in [-0.15, -0.1) is 0 Å². The first-order chi connectivity index (χ1) is 10.8. The zero-order valence-electron chi connectivity index (χ0n) is 14.2. The van der Waals surface area contributed by atoms with Gasteiger partial charge in [-0.2, -0.15) is 0 Å². The second-order valence-electron chi connectivity index (χ2n) is 7.87. The third-order valence-electron chi connectivity index (χ3n) is 5.48. The molecule has 132 valence electrons. The van der Waals surface area contributed by atoms with Crippen LogP contribution in [-0.4, -0.2) is 82.6 Å². The second-order valence-corrected chi connectivity index (χ2v) is 10.0. The number of hydrogen-bond donors (Lipinski definition) is 0. The average molecular weight is 344 g/mol. The summed E-state index contributed by atoms with van der Waals surface area (Å²) in [4.78, 5) is 16.3. The van der Waals surface area contributed by atoms with Crippen LogP contribution in [0.4, 0.5) is 0 Å². The number of carbonyl (C=O) groups excluding carboxylic acids is 1. The number of nitrogens with zero attached hydrogens (tertiary/aromatic N) is 2. The predicted molar refractivity (Wildman–Crippen MR) is 87.9 cm³/mol. The summed E-state index contributed by atoms with van der Waals surface area (Å²) in [7, 11) is -1.15. The molecule has 1 amide bonds. The van der Waals surface area contributed by atoms with Crippen LogP contribution in [-0.2, 0) is 19.4 Å². The highest BCUT2D eigenvalue weighted by molar-refractivity contribution is 7.91. The van der Waals surface area contributed by atoms with Gasteiger partial charge in [0.15, 0.2) is 9.84 Å². The molecule has 0 aromatic carbocycles. The lowest BCUT2D eigenvalue weighted by Gasteiger charge is -2.30. The molecule has 2 heterocycles. The van der Waals surface area contributed by atoms with Crippen LogP contribution in [0.2, 0.25) is 0 Å². The molecule has 3 aliphatic rings. The Labute approximate surface area is 139 Å². The SMILES string of the molecule is CN1C[C@H](COCC2CC2)[C@]2(CCN(C(=O)CS(C)(=O)=O)C2)C1. The number of amides is 1. The summed E-state index contributed by atoms with van der Waals surface area (Å²) in [6, 6.07) is 0. The number of hydrogen-bond acceptors (Lipinski definition) is 5. The van der Waals surface area contributed by atoms with E-state index < -0.39 is 9.84 Å². The maximum absolute atomic E-state index is 12.2. The fourth-order valence-corrected chi connectivity index (χ4v) is 4.71. The van der Waals surface area contributed by atoms with Crippen LogP contribution in [0.15, 0.2) is 0 Å². The Morgan fingerprint density at radius 3 is 2.65 bits per heavy atom. The van der Waals surface area contributed by atoms with Crippen molar-refractivity contribution in [2.75, 3.05) is 58.4 Å². The van der Waals surface area contributed by atoms with Gasteiger partial charge in [0.1, 0.15) is 5.75 Å². The molecule has 6 nitrogen and oxygen atoms in total. The first-order valence-corrected chi connectivity index (χ1v) is 10.6. The minimum atomic E-state index is -3.26.